The van der Waals surface area contributed by atoms with Gasteiger partial charge in [0.2, 0.25) is 0 Å². The van der Waals surface area contributed by atoms with Crippen molar-refractivity contribution < 1.29 is 0 Å². The molecule has 4 nitrogen and oxygen atoms in total. The van der Waals surface area contributed by atoms with Crippen LogP contribution in [0.3, 0.4) is 0 Å². The molecule has 11 rings (SSSR count). The summed E-state index contributed by atoms with van der Waals surface area (Å²) < 4.78 is 5.07. The van der Waals surface area contributed by atoms with Crippen molar-refractivity contribution in [2.24, 2.45) is 0 Å². The van der Waals surface area contributed by atoms with Crippen LogP contribution in [0.25, 0.3) is 100 Å². The smallest absolute Gasteiger partial charge is 0.160 e. The number of nitrogens with zero attached hydrogens (tertiary/aromatic N) is 4. The van der Waals surface area contributed by atoms with Gasteiger partial charge in [0, 0.05) is 43.8 Å². The minimum Gasteiger partial charge on any atom is -0.308 e. The summed E-state index contributed by atoms with van der Waals surface area (Å²) in [6.07, 6.45) is 0. The third-order valence-corrected chi connectivity index (χ3v) is 12.2. The summed E-state index contributed by atoms with van der Waals surface area (Å²) >= 11 is 0. The number of para-hydroxylation sites is 4. The summed E-state index contributed by atoms with van der Waals surface area (Å²) in [7, 11) is 0. The number of benzene rings is 8. The number of aryl methyl sites for hydroxylation is 4. The van der Waals surface area contributed by atoms with Crippen LogP contribution in [0.5, 0.6) is 0 Å². The van der Waals surface area contributed by atoms with Crippen LogP contribution in [0.15, 0.2) is 182 Å². The number of fused-ring (bicyclic) bond motifs is 7. The molecule has 0 amide bonds. The molecule has 0 unspecified atom stereocenters. The SMILES string of the molecule is Cc1cccc(C)c1-n1c2ccccc2c2c1c(-c1ccc(-c3cc(-c4ccccc4)nc(-c4ccccc4)n3)cc1)cc1c3ccccc3n(-c3c(C)cccc3C)c12. The van der Waals surface area contributed by atoms with Crippen LogP contribution in [-0.4, -0.2) is 19.1 Å². The lowest BCUT2D eigenvalue weighted by atomic mass is 9.96. The van der Waals surface area contributed by atoms with Crippen LogP contribution < -0.4 is 0 Å². The molecule has 60 heavy (non-hydrogen) atoms. The van der Waals surface area contributed by atoms with Gasteiger partial charge >= 0.3 is 0 Å². The fourth-order valence-corrected chi connectivity index (χ4v) is 9.49. The molecule has 3 aromatic heterocycles. The number of hydrogen-bond donors (Lipinski definition) is 0. The Morgan fingerprint density at radius 2 is 0.800 bits per heavy atom. The lowest BCUT2D eigenvalue weighted by Crippen LogP contribution is -2.02. The maximum absolute atomic E-state index is 5.16. The Morgan fingerprint density at radius 1 is 0.350 bits per heavy atom. The third-order valence-electron chi connectivity index (χ3n) is 12.2. The van der Waals surface area contributed by atoms with Crippen LogP contribution in [0.1, 0.15) is 22.3 Å². The van der Waals surface area contributed by atoms with Gasteiger partial charge in [0.15, 0.2) is 5.82 Å². The van der Waals surface area contributed by atoms with Gasteiger partial charge in [-0.2, -0.15) is 0 Å². The molecule has 11 aromatic rings. The normalized spacial score (nSPS) is 11.7. The summed E-state index contributed by atoms with van der Waals surface area (Å²) in [5.74, 6) is 0.710. The van der Waals surface area contributed by atoms with Crippen LogP contribution in [0.4, 0.5) is 0 Å². The minimum atomic E-state index is 0.710. The lowest BCUT2D eigenvalue weighted by Gasteiger charge is -2.18. The molecule has 0 spiro atoms. The van der Waals surface area contributed by atoms with Gasteiger partial charge in [-0.3, -0.25) is 0 Å². The third kappa shape index (κ3) is 5.60. The van der Waals surface area contributed by atoms with E-state index in [1.54, 1.807) is 0 Å². The largest absolute Gasteiger partial charge is 0.308 e. The second-order valence-corrected chi connectivity index (χ2v) is 16.0. The molecule has 0 N–H and O–H groups in total. The zero-order valence-corrected chi connectivity index (χ0v) is 34.1. The highest BCUT2D eigenvalue weighted by molar-refractivity contribution is 6.29. The van der Waals surface area contributed by atoms with Crippen LogP contribution >= 0.6 is 0 Å². The van der Waals surface area contributed by atoms with E-state index in [2.05, 4.69) is 195 Å². The van der Waals surface area contributed by atoms with Crippen molar-refractivity contribution in [1.82, 2.24) is 19.1 Å². The van der Waals surface area contributed by atoms with Crippen molar-refractivity contribution in [1.29, 1.82) is 0 Å². The summed E-state index contributed by atoms with van der Waals surface area (Å²) in [6, 6.07) is 65.3. The maximum atomic E-state index is 5.16. The molecule has 0 fully saturated rings. The fraction of sp³-hybridized carbons (Fsp3) is 0.0714. The molecular weight excluding hydrogens is 729 g/mol. The second-order valence-electron chi connectivity index (χ2n) is 16.0. The Balaban J connectivity index is 1.23. The van der Waals surface area contributed by atoms with Gasteiger partial charge in [0.1, 0.15) is 0 Å². The zero-order chi connectivity index (χ0) is 40.5. The Morgan fingerprint density at radius 3 is 1.38 bits per heavy atom. The summed E-state index contributed by atoms with van der Waals surface area (Å²) in [6.45, 7) is 8.94. The summed E-state index contributed by atoms with van der Waals surface area (Å²) in [4.78, 5) is 10.2. The molecule has 0 bridgehead atoms. The van der Waals surface area contributed by atoms with Crippen molar-refractivity contribution >= 4 is 43.6 Å². The molecule has 3 heterocycles. The first-order chi connectivity index (χ1) is 29.4. The second kappa shape index (κ2) is 14.1. The first kappa shape index (κ1) is 35.6. The van der Waals surface area contributed by atoms with E-state index in [9.17, 15) is 0 Å². The van der Waals surface area contributed by atoms with E-state index in [0.29, 0.717) is 5.82 Å². The van der Waals surface area contributed by atoms with E-state index in [1.807, 2.05) is 24.3 Å². The van der Waals surface area contributed by atoms with Gasteiger partial charge < -0.3 is 9.13 Å². The highest BCUT2D eigenvalue weighted by Gasteiger charge is 2.26. The van der Waals surface area contributed by atoms with Gasteiger partial charge in [-0.05, 0) is 79.8 Å². The van der Waals surface area contributed by atoms with Gasteiger partial charge in [-0.15, -0.1) is 0 Å². The van der Waals surface area contributed by atoms with E-state index >= 15 is 0 Å². The van der Waals surface area contributed by atoms with Crippen molar-refractivity contribution in [3.05, 3.63) is 204 Å². The molecule has 0 aliphatic heterocycles. The van der Waals surface area contributed by atoms with Crippen LogP contribution in [-0.2, 0) is 0 Å². The first-order valence-corrected chi connectivity index (χ1v) is 20.7. The van der Waals surface area contributed by atoms with E-state index in [1.165, 1.54) is 82.8 Å². The number of aromatic nitrogens is 4. The number of rotatable bonds is 6. The molecule has 4 heteroatoms. The van der Waals surface area contributed by atoms with Crippen molar-refractivity contribution in [2.75, 3.05) is 0 Å². The Bertz CT molecular complexity index is 3350. The van der Waals surface area contributed by atoms with Gasteiger partial charge in [-0.1, -0.05) is 158 Å². The predicted molar refractivity (Wildman–Crippen MR) is 251 cm³/mol. The Kier molecular flexibility index (Phi) is 8.35. The van der Waals surface area contributed by atoms with Crippen LogP contribution in [0, 0.1) is 27.7 Å². The van der Waals surface area contributed by atoms with E-state index in [0.717, 1.165) is 33.6 Å². The van der Waals surface area contributed by atoms with Crippen LogP contribution in [0.2, 0.25) is 0 Å². The molecule has 0 aliphatic rings. The highest BCUT2D eigenvalue weighted by atomic mass is 15.0. The van der Waals surface area contributed by atoms with Gasteiger partial charge in [0.05, 0.1) is 44.8 Å². The molecular formula is C56H42N4. The minimum absolute atomic E-state index is 0.710. The quantitative estimate of drug-likeness (QED) is 0.169. The summed E-state index contributed by atoms with van der Waals surface area (Å²) in [5.41, 5.74) is 19.5. The highest BCUT2D eigenvalue weighted by Crippen LogP contribution is 2.47. The molecule has 0 atom stereocenters. The number of hydrogen-bond acceptors (Lipinski definition) is 2. The van der Waals surface area contributed by atoms with E-state index in [-0.39, 0.29) is 0 Å². The average molecular weight is 771 g/mol. The van der Waals surface area contributed by atoms with Crippen molar-refractivity contribution in [3.63, 3.8) is 0 Å². The lowest BCUT2D eigenvalue weighted by molar-refractivity contribution is 1.12. The topological polar surface area (TPSA) is 35.6 Å². The monoisotopic (exact) mass is 770 g/mol. The molecule has 0 saturated carbocycles. The van der Waals surface area contributed by atoms with Crippen molar-refractivity contribution in [3.8, 4) is 56.4 Å². The molecule has 286 valence electrons. The first-order valence-electron chi connectivity index (χ1n) is 20.7. The van der Waals surface area contributed by atoms with Crippen molar-refractivity contribution in [2.45, 2.75) is 27.7 Å². The van der Waals surface area contributed by atoms with Gasteiger partial charge in [0.25, 0.3) is 0 Å². The Hall–Kier alpha value is -7.56. The fourth-order valence-electron chi connectivity index (χ4n) is 9.49. The Labute approximate surface area is 349 Å². The zero-order valence-electron chi connectivity index (χ0n) is 34.1. The van der Waals surface area contributed by atoms with Gasteiger partial charge in [-0.25, -0.2) is 9.97 Å². The molecule has 8 aromatic carbocycles. The van der Waals surface area contributed by atoms with E-state index in [4.69, 9.17) is 9.97 Å². The molecule has 0 saturated heterocycles. The molecule has 0 aliphatic carbocycles. The molecule has 0 radical (unpaired) electrons. The standard InChI is InChI=1S/C56H42N4/c1-35-17-15-18-36(2)52(35)59-49-27-13-11-25-43(49)46-33-45(54-51(55(46)59)44-26-12-14-28-50(44)60(54)53-37(3)19-16-20-38(53)4)39-29-31-41(32-30-39)48-34-47(40-21-7-5-8-22-40)57-56(58-48)42-23-9-6-10-24-42/h5-34H,1-4H3. The maximum Gasteiger partial charge on any atom is 0.160 e. The predicted octanol–water partition coefficient (Wildman–Crippen LogP) is 14.6. The average Bonchev–Trinajstić information content (AvgIpc) is 3.79. The summed E-state index contributed by atoms with van der Waals surface area (Å²) in [5, 5.41) is 4.96. The van der Waals surface area contributed by atoms with E-state index < -0.39 is 0 Å².